The maximum Gasteiger partial charge on any atom is 0.224 e. The van der Waals surface area contributed by atoms with E-state index in [1.54, 1.807) is 0 Å². The van der Waals surface area contributed by atoms with E-state index in [1.807, 2.05) is 0 Å². The highest BCUT2D eigenvalue weighted by atomic mass is 16.5. The molecule has 0 amide bonds. The third-order valence-corrected chi connectivity index (χ3v) is 3.16. The van der Waals surface area contributed by atoms with Crippen molar-refractivity contribution in [1.82, 2.24) is 19.7 Å². The first-order valence-corrected chi connectivity index (χ1v) is 5.80. The average molecular weight is 266 g/mol. The van der Waals surface area contributed by atoms with Crippen molar-refractivity contribution in [3.63, 3.8) is 0 Å². The second-order valence-corrected chi connectivity index (χ2v) is 4.41. The van der Waals surface area contributed by atoms with Crippen LogP contribution in [0.25, 0.3) is 11.0 Å². The van der Waals surface area contributed by atoms with Crippen LogP contribution in [0, 0.1) is 0 Å². The van der Waals surface area contributed by atoms with Crippen molar-refractivity contribution >= 4 is 22.8 Å². The van der Waals surface area contributed by atoms with E-state index < -0.39 is 18.4 Å². The topological polar surface area (TPSA) is 145 Å². The number of fused-ring (bicyclic) bond motifs is 1. The molecule has 0 unspecified atom stereocenters. The molecule has 1 aliphatic heterocycles. The van der Waals surface area contributed by atoms with Gasteiger partial charge in [0.2, 0.25) is 5.95 Å². The average Bonchev–Trinajstić information content (AvgIpc) is 2.92. The van der Waals surface area contributed by atoms with Gasteiger partial charge in [0.15, 0.2) is 11.9 Å². The fraction of sp³-hybridized carbons (Fsp3) is 0.500. The number of aliphatic hydroxyl groups is 2. The van der Waals surface area contributed by atoms with E-state index in [-0.39, 0.29) is 18.4 Å². The van der Waals surface area contributed by atoms with Gasteiger partial charge in [-0.05, 0) is 0 Å². The highest BCUT2D eigenvalue weighted by Crippen LogP contribution is 2.31. The number of hydrogen-bond acceptors (Lipinski definition) is 8. The maximum absolute atomic E-state index is 9.73. The van der Waals surface area contributed by atoms with Crippen molar-refractivity contribution in [1.29, 1.82) is 0 Å². The summed E-state index contributed by atoms with van der Waals surface area (Å²) in [6.45, 7) is -0.254. The first-order chi connectivity index (χ1) is 9.10. The fourth-order valence-electron chi connectivity index (χ4n) is 2.20. The molecule has 0 aliphatic carbocycles. The number of hydrogen-bond donors (Lipinski definition) is 4. The first-order valence-electron chi connectivity index (χ1n) is 5.80. The Bertz CT molecular complexity index is 615. The Morgan fingerprint density at radius 2 is 2.21 bits per heavy atom. The molecule has 6 N–H and O–H groups in total. The lowest BCUT2D eigenvalue weighted by Crippen LogP contribution is -2.24. The molecule has 0 saturated carbocycles. The highest BCUT2D eigenvalue weighted by Gasteiger charge is 2.35. The monoisotopic (exact) mass is 266 g/mol. The number of ether oxygens (including phenoxy) is 1. The predicted molar refractivity (Wildman–Crippen MR) is 65.8 cm³/mol. The van der Waals surface area contributed by atoms with Crippen LogP contribution >= 0.6 is 0 Å². The number of aliphatic hydroxyl groups excluding tert-OH is 2. The van der Waals surface area contributed by atoms with Crippen LogP contribution in [0.4, 0.5) is 11.8 Å². The summed E-state index contributed by atoms with van der Waals surface area (Å²) in [7, 11) is 0. The molecule has 1 saturated heterocycles. The van der Waals surface area contributed by atoms with Gasteiger partial charge >= 0.3 is 0 Å². The number of rotatable bonds is 2. The number of aromatic nitrogens is 4. The molecule has 1 fully saturated rings. The zero-order valence-electron chi connectivity index (χ0n) is 9.97. The van der Waals surface area contributed by atoms with Crippen LogP contribution in [0.2, 0.25) is 0 Å². The Balaban J connectivity index is 2.02. The van der Waals surface area contributed by atoms with E-state index in [4.69, 9.17) is 21.3 Å². The molecule has 102 valence electrons. The molecule has 2 aromatic rings. The van der Waals surface area contributed by atoms with Gasteiger partial charge in [0.05, 0.1) is 24.3 Å². The summed E-state index contributed by atoms with van der Waals surface area (Å²) in [5.74, 6) is 0.287. The van der Waals surface area contributed by atoms with E-state index in [9.17, 15) is 5.11 Å². The van der Waals surface area contributed by atoms with Crippen molar-refractivity contribution < 1.29 is 14.9 Å². The summed E-state index contributed by atoms with van der Waals surface area (Å²) < 4.78 is 7.00. The smallest absolute Gasteiger partial charge is 0.224 e. The van der Waals surface area contributed by atoms with Crippen molar-refractivity contribution in [3.8, 4) is 0 Å². The minimum Gasteiger partial charge on any atom is -0.394 e. The molecule has 9 nitrogen and oxygen atoms in total. The molecule has 19 heavy (non-hydrogen) atoms. The van der Waals surface area contributed by atoms with Gasteiger partial charge in [0.25, 0.3) is 0 Å². The minimum absolute atomic E-state index is 0.0454. The lowest BCUT2D eigenvalue weighted by Gasteiger charge is -2.12. The van der Waals surface area contributed by atoms with Gasteiger partial charge in [-0.15, -0.1) is 0 Å². The SMILES string of the molecule is Nc1nc(N)c2cnn([C@@H]3C[C@H](O)[C@@H](CO)O3)c2n1. The Hall–Kier alpha value is -1.97. The molecule has 0 aromatic carbocycles. The zero-order chi connectivity index (χ0) is 13.6. The van der Waals surface area contributed by atoms with Crippen LogP contribution in [0.15, 0.2) is 6.20 Å². The van der Waals surface area contributed by atoms with Crippen LogP contribution in [-0.2, 0) is 4.74 Å². The largest absolute Gasteiger partial charge is 0.394 e. The van der Waals surface area contributed by atoms with E-state index in [1.165, 1.54) is 10.9 Å². The molecule has 2 aromatic heterocycles. The molecule has 1 aliphatic rings. The highest BCUT2D eigenvalue weighted by molar-refractivity contribution is 5.86. The number of anilines is 2. The Labute approximate surface area is 107 Å². The van der Waals surface area contributed by atoms with Crippen LogP contribution in [0.1, 0.15) is 12.6 Å². The van der Waals surface area contributed by atoms with E-state index in [2.05, 4.69) is 15.1 Å². The predicted octanol–water partition coefficient (Wildman–Crippen LogP) is -1.37. The lowest BCUT2D eigenvalue weighted by molar-refractivity contribution is -0.0470. The zero-order valence-corrected chi connectivity index (χ0v) is 9.97. The van der Waals surface area contributed by atoms with Gasteiger partial charge < -0.3 is 26.4 Å². The minimum atomic E-state index is -0.745. The number of nitrogens with two attached hydrogens (primary N) is 2. The molecule has 3 rings (SSSR count). The van der Waals surface area contributed by atoms with Gasteiger partial charge in [-0.2, -0.15) is 15.1 Å². The van der Waals surface area contributed by atoms with Crippen LogP contribution < -0.4 is 11.5 Å². The molecule has 0 radical (unpaired) electrons. The van der Waals surface area contributed by atoms with E-state index >= 15 is 0 Å². The van der Waals surface area contributed by atoms with E-state index in [0.717, 1.165) is 0 Å². The molecule has 3 heterocycles. The summed E-state index contributed by atoms with van der Waals surface area (Å²) in [4.78, 5) is 7.93. The molecule has 0 bridgehead atoms. The molecule has 9 heteroatoms. The summed E-state index contributed by atoms with van der Waals surface area (Å²) in [6, 6.07) is 0. The van der Waals surface area contributed by atoms with Gasteiger partial charge in [0, 0.05) is 6.42 Å². The fourth-order valence-corrected chi connectivity index (χ4v) is 2.20. The van der Waals surface area contributed by atoms with Crippen LogP contribution in [0.5, 0.6) is 0 Å². The summed E-state index contributed by atoms with van der Waals surface area (Å²) in [6.07, 6.45) is -0.0531. The van der Waals surface area contributed by atoms with Crippen LogP contribution in [0.3, 0.4) is 0 Å². The molecule has 3 atom stereocenters. The van der Waals surface area contributed by atoms with E-state index in [0.29, 0.717) is 17.5 Å². The summed E-state index contributed by atoms with van der Waals surface area (Å²) in [5, 5.41) is 23.5. The summed E-state index contributed by atoms with van der Waals surface area (Å²) in [5.41, 5.74) is 11.7. The van der Waals surface area contributed by atoms with Gasteiger partial charge in [-0.3, -0.25) is 0 Å². The molecule has 0 spiro atoms. The first kappa shape index (κ1) is 12.1. The van der Waals surface area contributed by atoms with Gasteiger partial charge in [-0.1, -0.05) is 0 Å². The van der Waals surface area contributed by atoms with Gasteiger partial charge in [0.1, 0.15) is 11.9 Å². The van der Waals surface area contributed by atoms with Crippen molar-refractivity contribution in [3.05, 3.63) is 6.20 Å². The Kier molecular flexibility index (Phi) is 2.73. The lowest BCUT2D eigenvalue weighted by atomic mass is 10.2. The third-order valence-electron chi connectivity index (χ3n) is 3.16. The molecular weight excluding hydrogens is 252 g/mol. The summed E-state index contributed by atoms with van der Waals surface area (Å²) >= 11 is 0. The number of nitrogen functional groups attached to an aromatic ring is 2. The van der Waals surface area contributed by atoms with Gasteiger partial charge in [-0.25, -0.2) is 4.68 Å². The van der Waals surface area contributed by atoms with Crippen molar-refractivity contribution in [2.45, 2.75) is 24.9 Å². The Morgan fingerprint density at radius 1 is 1.42 bits per heavy atom. The quantitative estimate of drug-likeness (QED) is 0.521. The molecular formula is C10H14N6O3. The third kappa shape index (κ3) is 1.87. The standard InChI is InChI=1S/C10H14N6O3/c11-8-4-2-13-16(9(4)15-10(12)14-8)7-1-5(18)6(3-17)19-7/h2,5-7,17-18H,1,3H2,(H4,11,12,14,15)/t5-,6+,7-/m0/s1. The normalized spacial score (nSPS) is 27.2. The van der Waals surface area contributed by atoms with Crippen LogP contribution in [-0.4, -0.2) is 48.8 Å². The van der Waals surface area contributed by atoms with Crippen molar-refractivity contribution in [2.24, 2.45) is 0 Å². The second kappa shape index (κ2) is 4.30. The van der Waals surface area contributed by atoms with Crippen molar-refractivity contribution in [2.75, 3.05) is 18.1 Å². The maximum atomic E-state index is 9.73. The number of nitrogens with zero attached hydrogens (tertiary/aromatic N) is 4. The second-order valence-electron chi connectivity index (χ2n) is 4.41. The Morgan fingerprint density at radius 3 is 2.89 bits per heavy atom.